The maximum Gasteiger partial charge on any atom is 0.263 e. The van der Waals surface area contributed by atoms with Crippen molar-refractivity contribution in [3.63, 3.8) is 0 Å². The zero-order valence-electron chi connectivity index (χ0n) is 31.8. The first-order valence-electron chi connectivity index (χ1n) is 19.2. The van der Waals surface area contributed by atoms with Crippen molar-refractivity contribution in [1.82, 2.24) is 0 Å². The fourth-order valence-corrected chi connectivity index (χ4v) is 10.2. The maximum atomic E-state index is 2.44. The number of benzene rings is 5. The molecule has 0 fully saturated rings. The minimum Gasteiger partial charge on any atom is -0.335 e. The lowest BCUT2D eigenvalue weighted by molar-refractivity contribution is -0.665. The number of rotatable bonds is 11. The molecule has 1 aliphatic heterocycles. The molecule has 2 nitrogen and oxygen atoms in total. The summed E-state index contributed by atoms with van der Waals surface area (Å²) in [7, 11) is 0. The average molecular weight is 721 g/mol. The summed E-state index contributed by atoms with van der Waals surface area (Å²) < 4.78 is 3.80. The zero-order valence-corrected chi connectivity index (χ0v) is 33.4. The molecule has 7 rings (SSSR count). The molecule has 0 saturated carbocycles. The van der Waals surface area contributed by atoms with E-state index in [4.69, 9.17) is 0 Å². The van der Waals surface area contributed by atoms with E-state index in [1.165, 1.54) is 83.1 Å². The van der Waals surface area contributed by atoms with Crippen molar-refractivity contribution in [1.29, 1.82) is 0 Å². The zero-order chi connectivity index (χ0) is 36.5. The third-order valence-corrected chi connectivity index (χ3v) is 12.8. The van der Waals surface area contributed by atoms with Gasteiger partial charge in [0.15, 0.2) is 0 Å². The summed E-state index contributed by atoms with van der Waals surface area (Å²) in [5.41, 5.74) is 11.0. The molecule has 5 aromatic carbocycles. The molecule has 5 heteroatoms. The van der Waals surface area contributed by atoms with Gasteiger partial charge in [0.25, 0.3) is 5.01 Å². The molecular formula is C47H53BN2S2. The van der Waals surface area contributed by atoms with Gasteiger partial charge in [-0.1, -0.05) is 153 Å². The highest BCUT2D eigenvalue weighted by Crippen LogP contribution is 2.46. The van der Waals surface area contributed by atoms with Crippen LogP contribution < -0.4 is 25.9 Å². The van der Waals surface area contributed by atoms with E-state index in [-0.39, 0.29) is 0 Å². The van der Waals surface area contributed by atoms with E-state index < -0.39 is 6.15 Å². The van der Waals surface area contributed by atoms with E-state index in [0.717, 1.165) is 19.5 Å². The molecule has 52 heavy (non-hydrogen) atoms. The molecule has 0 saturated heterocycles. The van der Waals surface area contributed by atoms with E-state index in [0.29, 0.717) is 0 Å². The summed E-state index contributed by atoms with van der Waals surface area (Å²) in [5, 5.41) is 2.67. The summed E-state index contributed by atoms with van der Waals surface area (Å²) >= 11 is 3.78. The molecule has 0 atom stereocenters. The molecule has 6 aromatic rings. The quantitative estimate of drug-likeness (QED) is 0.0972. The van der Waals surface area contributed by atoms with E-state index >= 15 is 0 Å². The Balaban J connectivity index is 0.000000183. The van der Waals surface area contributed by atoms with E-state index in [1.54, 1.807) is 0 Å². The van der Waals surface area contributed by atoms with Crippen LogP contribution in [-0.2, 0) is 6.54 Å². The van der Waals surface area contributed by atoms with Crippen LogP contribution in [0.1, 0.15) is 63.1 Å². The molecule has 0 bridgehead atoms. The lowest BCUT2D eigenvalue weighted by atomic mass is 9.14. The standard InChI is InChI=1S/C25H29N2S2.C22H24B/c1-6-19(15-24-26(7-2)20-13-17(4)9-11-22(20)28-24)16-25-27(8-3)21-14-18(5)10-12-23(21)29-25;1-2-3-19-23(20-13-7-4-8-14-20,21-15-9-5-10-16-21)22-17-11-6-12-18-22/h9-16H,6-8H2,1-5H3;4-18H,2-3,19H2,1H3/q+1;-1. The Morgan fingerprint density at radius 3 is 1.83 bits per heavy atom. The first-order valence-corrected chi connectivity index (χ1v) is 20.8. The van der Waals surface area contributed by atoms with Crippen molar-refractivity contribution < 1.29 is 4.57 Å². The van der Waals surface area contributed by atoms with Crippen molar-refractivity contribution in [2.24, 2.45) is 0 Å². The second-order valence-electron chi connectivity index (χ2n) is 13.9. The molecule has 0 radical (unpaired) electrons. The monoisotopic (exact) mass is 720 g/mol. The van der Waals surface area contributed by atoms with Gasteiger partial charge in [-0.3, -0.25) is 0 Å². The number of aromatic nitrogens is 1. The van der Waals surface area contributed by atoms with Crippen LogP contribution in [0.15, 0.2) is 149 Å². The summed E-state index contributed by atoms with van der Waals surface area (Å²) in [4.78, 5) is 3.80. The molecular weight excluding hydrogens is 667 g/mol. The van der Waals surface area contributed by atoms with E-state index in [2.05, 4.69) is 191 Å². The fraction of sp³-hybridized carbons (Fsp3) is 0.255. The number of nitrogens with zero attached hydrogens (tertiary/aromatic N) is 2. The van der Waals surface area contributed by atoms with Gasteiger partial charge in [0, 0.05) is 23.6 Å². The first kappa shape index (κ1) is 37.4. The minimum absolute atomic E-state index is 0.913. The highest BCUT2D eigenvalue weighted by atomic mass is 32.2. The fourth-order valence-electron chi connectivity index (χ4n) is 7.78. The number of anilines is 1. The van der Waals surface area contributed by atoms with Crippen LogP contribution in [0.25, 0.3) is 16.3 Å². The topological polar surface area (TPSA) is 7.12 Å². The van der Waals surface area contributed by atoms with Gasteiger partial charge < -0.3 is 4.90 Å². The highest BCUT2D eigenvalue weighted by molar-refractivity contribution is 8.03. The number of unbranched alkanes of at least 4 members (excludes halogenated alkanes) is 1. The molecule has 0 N–H and O–H groups in total. The molecule has 0 unspecified atom stereocenters. The summed E-state index contributed by atoms with van der Waals surface area (Å²) in [6.45, 7) is 15.3. The van der Waals surface area contributed by atoms with Crippen LogP contribution in [-0.4, -0.2) is 12.7 Å². The largest absolute Gasteiger partial charge is 0.335 e. The Morgan fingerprint density at radius 2 is 1.29 bits per heavy atom. The summed E-state index contributed by atoms with van der Waals surface area (Å²) in [5.74, 6) is 0. The number of hydrogen-bond donors (Lipinski definition) is 0. The molecule has 0 aliphatic carbocycles. The van der Waals surface area contributed by atoms with Crippen LogP contribution >= 0.6 is 23.1 Å². The summed E-state index contributed by atoms with van der Waals surface area (Å²) in [6.07, 6.45) is 8.53. The van der Waals surface area contributed by atoms with Crippen LogP contribution in [0, 0.1) is 13.8 Å². The number of thioether (sulfide) groups is 1. The van der Waals surface area contributed by atoms with Gasteiger partial charge in [-0.15, -0.1) is 0 Å². The Labute approximate surface area is 320 Å². The SMILES string of the molecule is CCC(/C=C1\Sc2ccc(C)cc2N1CC)=C\c1sc2ccc(C)cc2[n+]1CC.CCCC[B-](c1ccccc1)(c1ccccc1)c1ccccc1. The molecule has 0 spiro atoms. The van der Waals surface area contributed by atoms with Crippen molar-refractivity contribution in [3.8, 4) is 0 Å². The van der Waals surface area contributed by atoms with E-state index in [1.807, 2.05) is 23.1 Å². The minimum atomic E-state index is -0.913. The predicted octanol–water partition coefficient (Wildman–Crippen LogP) is 11.0. The lowest BCUT2D eigenvalue weighted by Crippen LogP contribution is -2.66. The maximum absolute atomic E-state index is 2.44. The Morgan fingerprint density at radius 1 is 0.712 bits per heavy atom. The van der Waals surface area contributed by atoms with Gasteiger partial charge >= 0.3 is 0 Å². The van der Waals surface area contributed by atoms with Crippen molar-refractivity contribution in [2.45, 2.75) is 78.6 Å². The van der Waals surface area contributed by atoms with Crippen molar-refractivity contribution >= 4 is 67.6 Å². The smallest absolute Gasteiger partial charge is 0.263 e. The van der Waals surface area contributed by atoms with Gasteiger partial charge in [0.05, 0.1) is 16.9 Å². The lowest BCUT2D eigenvalue weighted by Gasteiger charge is -2.43. The van der Waals surface area contributed by atoms with Crippen LogP contribution in [0.3, 0.4) is 0 Å². The third kappa shape index (κ3) is 8.01. The van der Waals surface area contributed by atoms with Crippen LogP contribution in [0.5, 0.6) is 0 Å². The number of hydrogen-bond acceptors (Lipinski definition) is 3. The molecule has 1 aliphatic rings. The Hall–Kier alpha value is -4.32. The number of thiazole rings is 1. The second kappa shape index (κ2) is 17.5. The first-order chi connectivity index (χ1) is 25.4. The van der Waals surface area contributed by atoms with E-state index in [9.17, 15) is 0 Å². The van der Waals surface area contributed by atoms with Gasteiger partial charge in [0.1, 0.15) is 11.2 Å². The average Bonchev–Trinajstić information content (AvgIpc) is 3.71. The molecule has 266 valence electrons. The molecule has 2 heterocycles. The van der Waals surface area contributed by atoms with Gasteiger partial charge in [0.2, 0.25) is 5.52 Å². The number of allylic oxidation sites excluding steroid dienone is 2. The van der Waals surface area contributed by atoms with Gasteiger partial charge in [-0.25, -0.2) is 0 Å². The third-order valence-electron chi connectivity index (χ3n) is 10.5. The van der Waals surface area contributed by atoms with Crippen molar-refractivity contribution in [2.75, 3.05) is 11.4 Å². The second-order valence-corrected chi connectivity index (χ2v) is 16.1. The summed E-state index contributed by atoms with van der Waals surface area (Å²) in [6, 6.07) is 46.7. The normalized spacial score (nSPS) is 13.7. The highest BCUT2D eigenvalue weighted by Gasteiger charge is 2.29. The van der Waals surface area contributed by atoms with Crippen LogP contribution in [0.2, 0.25) is 6.32 Å². The predicted molar refractivity (Wildman–Crippen MR) is 233 cm³/mol. The van der Waals surface area contributed by atoms with Gasteiger partial charge in [-0.2, -0.15) is 27.3 Å². The number of aryl methyl sites for hydroxylation is 3. The Bertz CT molecular complexity index is 2040. The van der Waals surface area contributed by atoms with Gasteiger partial charge in [-0.05, 0) is 75.1 Å². The molecule has 1 aromatic heterocycles. The number of fused-ring (bicyclic) bond motifs is 2. The van der Waals surface area contributed by atoms with Crippen LogP contribution in [0.4, 0.5) is 5.69 Å². The van der Waals surface area contributed by atoms with Crippen molar-refractivity contribution in [3.05, 3.63) is 160 Å². The molecule has 0 amide bonds. The Kier molecular flexibility index (Phi) is 12.6.